The molecule has 0 heterocycles. The molecule has 0 atom stereocenters. The topological polar surface area (TPSA) is 40.9 Å². The Hall–Kier alpha value is -0.370. The number of carbonyl (C=O) groups is 1. The zero-order valence-electron chi connectivity index (χ0n) is 2.36. The van der Waals surface area contributed by atoms with E-state index in [1.807, 2.05) is 0 Å². The minimum absolute atomic E-state index is 0.543. The first-order valence-corrected chi connectivity index (χ1v) is 1.35. The van der Waals surface area contributed by atoms with Crippen molar-refractivity contribution in [2.45, 2.75) is 0 Å². The van der Waals surface area contributed by atoms with Crippen LogP contribution in [0.4, 0.5) is 0 Å². The Balaban J connectivity index is 3.20. The largest absolute Gasteiger partial charge is 0.304 e. The van der Waals surface area contributed by atoms with Crippen LogP contribution in [0.25, 0.3) is 0 Å². The number of hydrogen-bond acceptors (Lipinski definition) is 2. The van der Waals surface area contributed by atoms with Crippen LogP contribution in [-0.2, 0) is 4.79 Å². The van der Waals surface area contributed by atoms with E-state index >= 15 is 0 Å². The lowest BCUT2D eigenvalue weighted by atomic mass is 10.9. The molecule has 0 aromatic heterocycles. The average molecular weight is 91.5 g/mol. The van der Waals surface area contributed by atoms with Crippen molar-refractivity contribution >= 4 is 23.1 Å². The highest BCUT2D eigenvalue weighted by molar-refractivity contribution is 6.77. The summed E-state index contributed by atoms with van der Waals surface area (Å²) in [4.78, 5) is 9.33. The molecule has 5 heavy (non-hydrogen) atoms. The molecule has 0 saturated carbocycles. The molecule has 0 amide bonds. The second-order valence-corrected chi connectivity index (χ2v) is 0.821. The van der Waals surface area contributed by atoms with E-state index in [0.717, 1.165) is 0 Å². The van der Waals surface area contributed by atoms with Gasteiger partial charge in [0.1, 0.15) is 0 Å². The summed E-state index contributed by atoms with van der Waals surface area (Å²) in [6.45, 7) is 0. The maximum atomic E-state index is 9.33. The van der Waals surface area contributed by atoms with Crippen LogP contribution < -0.4 is 0 Å². The van der Waals surface area contributed by atoms with Crippen LogP contribution in [0.15, 0.2) is 0 Å². The summed E-state index contributed by atoms with van der Waals surface area (Å²) in [6, 6.07) is 0. The fourth-order valence-corrected chi connectivity index (χ4v) is 0. The molecular formula is C2H2ClNO. The lowest BCUT2D eigenvalue weighted by Gasteiger charge is -1.57. The van der Waals surface area contributed by atoms with Gasteiger partial charge in [0.25, 0.3) is 5.24 Å². The van der Waals surface area contributed by atoms with Crippen LogP contribution in [0.1, 0.15) is 0 Å². The van der Waals surface area contributed by atoms with Crippen LogP contribution in [-0.4, -0.2) is 11.5 Å². The van der Waals surface area contributed by atoms with E-state index in [0.29, 0.717) is 6.21 Å². The van der Waals surface area contributed by atoms with Gasteiger partial charge in [-0.05, 0) is 11.6 Å². The Morgan fingerprint density at radius 2 is 2.20 bits per heavy atom. The van der Waals surface area contributed by atoms with E-state index in [1.54, 1.807) is 0 Å². The molecule has 0 unspecified atom stereocenters. The smallest absolute Gasteiger partial charge is 0.262 e. The first kappa shape index (κ1) is 4.63. The standard InChI is InChI=1S/C2H2ClNO/c3-2(5)1-4/h1,4H. The quantitative estimate of drug-likeness (QED) is 0.368. The highest BCUT2D eigenvalue weighted by Gasteiger charge is 1.76. The molecule has 0 rings (SSSR count). The summed E-state index contributed by atoms with van der Waals surface area (Å²) < 4.78 is 0. The maximum Gasteiger partial charge on any atom is 0.262 e. The fraction of sp³-hybridized carbons (Fsp3) is 0. The van der Waals surface area contributed by atoms with E-state index < -0.39 is 5.24 Å². The van der Waals surface area contributed by atoms with Crippen LogP contribution in [0.5, 0.6) is 0 Å². The molecule has 3 heteroatoms. The van der Waals surface area contributed by atoms with Gasteiger partial charge < -0.3 is 5.41 Å². The predicted molar refractivity (Wildman–Crippen MR) is 19.6 cm³/mol. The lowest BCUT2D eigenvalue weighted by molar-refractivity contribution is -0.105. The number of nitrogens with one attached hydrogen (secondary N) is 1. The monoisotopic (exact) mass is 91.0 g/mol. The third-order valence-electron chi connectivity index (χ3n) is 0.113. The Morgan fingerprint density at radius 3 is 2.20 bits per heavy atom. The molecule has 0 aliphatic carbocycles. The van der Waals surface area contributed by atoms with Gasteiger partial charge in [-0.15, -0.1) is 0 Å². The Bertz CT molecular complexity index is 60.7. The molecule has 0 aliphatic heterocycles. The molecule has 0 fully saturated rings. The summed E-state index contributed by atoms with van der Waals surface area (Å²) in [5, 5.41) is 5.32. The normalized spacial score (nSPS) is 6.60. The molecule has 0 aromatic carbocycles. The van der Waals surface area contributed by atoms with Crippen LogP contribution in [0, 0.1) is 5.41 Å². The molecule has 1 N–H and O–H groups in total. The molecule has 0 bridgehead atoms. The highest BCUT2D eigenvalue weighted by Crippen LogP contribution is 1.66. The zero-order chi connectivity index (χ0) is 4.28. The molecule has 0 saturated heterocycles. The molecule has 28 valence electrons. The first-order valence-electron chi connectivity index (χ1n) is 0.970. The number of halogens is 1. The molecule has 0 aliphatic rings. The minimum atomic E-state index is -0.731. The third-order valence-corrected chi connectivity index (χ3v) is 0.223. The van der Waals surface area contributed by atoms with Gasteiger partial charge >= 0.3 is 0 Å². The SMILES string of the molecule is N=CC(=O)Cl. The highest BCUT2D eigenvalue weighted by atomic mass is 35.5. The van der Waals surface area contributed by atoms with E-state index in [9.17, 15) is 4.79 Å². The number of rotatable bonds is 1. The Kier molecular flexibility index (Phi) is 1.76. The second kappa shape index (κ2) is 1.91. The third kappa shape index (κ3) is 3.63. The van der Waals surface area contributed by atoms with Crippen LogP contribution >= 0.6 is 11.6 Å². The van der Waals surface area contributed by atoms with Crippen LogP contribution in [0.3, 0.4) is 0 Å². The van der Waals surface area contributed by atoms with Crippen molar-refractivity contribution in [3.05, 3.63) is 0 Å². The van der Waals surface area contributed by atoms with E-state index in [1.165, 1.54) is 0 Å². The van der Waals surface area contributed by atoms with Crippen molar-refractivity contribution in [3.63, 3.8) is 0 Å². The van der Waals surface area contributed by atoms with E-state index in [2.05, 4.69) is 11.6 Å². The average Bonchev–Trinajstić information content (AvgIpc) is 1.38. The minimum Gasteiger partial charge on any atom is -0.304 e. The molecule has 0 aromatic rings. The Morgan fingerprint density at radius 1 is 2.00 bits per heavy atom. The second-order valence-electron chi connectivity index (χ2n) is 0.448. The van der Waals surface area contributed by atoms with Crippen molar-refractivity contribution in [3.8, 4) is 0 Å². The number of hydrogen-bond donors (Lipinski definition) is 1. The van der Waals surface area contributed by atoms with Crippen molar-refractivity contribution < 1.29 is 4.79 Å². The van der Waals surface area contributed by atoms with Crippen molar-refractivity contribution in [2.24, 2.45) is 0 Å². The van der Waals surface area contributed by atoms with Gasteiger partial charge in [-0.2, -0.15) is 0 Å². The summed E-state index contributed by atoms with van der Waals surface area (Å²) in [7, 11) is 0. The predicted octanol–water partition coefficient (Wildman–Crippen LogP) is 0.401. The fourth-order valence-electron chi connectivity index (χ4n) is 0. The van der Waals surface area contributed by atoms with Crippen molar-refractivity contribution in [2.75, 3.05) is 0 Å². The van der Waals surface area contributed by atoms with Gasteiger partial charge in [-0.3, -0.25) is 4.79 Å². The van der Waals surface area contributed by atoms with Crippen molar-refractivity contribution in [1.29, 1.82) is 5.41 Å². The molecule has 0 radical (unpaired) electrons. The van der Waals surface area contributed by atoms with Gasteiger partial charge in [0.15, 0.2) is 0 Å². The van der Waals surface area contributed by atoms with Gasteiger partial charge in [0, 0.05) is 0 Å². The molecule has 0 spiro atoms. The summed E-state index contributed by atoms with van der Waals surface area (Å²) in [6.07, 6.45) is 0.543. The van der Waals surface area contributed by atoms with Gasteiger partial charge in [-0.1, -0.05) is 0 Å². The summed E-state index contributed by atoms with van der Waals surface area (Å²) >= 11 is 4.58. The molecular weight excluding hydrogens is 89.5 g/mol. The van der Waals surface area contributed by atoms with Crippen molar-refractivity contribution in [1.82, 2.24) is 0 Å². The van der Waals surface area contributed by atoms with Crippen LogP contribution in [0.2, 0.25) is 0 Å². The number of carbonyl (C=O) groups excluding carboxylic acids is 1. The first-order chi connectivity index (χ1) is 2.27. The maximum absolute atomic E-state index is 9.33. The Labute approximate surface area is 34.3 Å². The molecule has 2 nitrogen and oxygen atoms in total. The van der Waals surface area contributed by atoms with E-state index in [4.69, 9.17) is 5.41 Å². The summed E-state index contributed by atoms with van der Waals surface area (Å²) in [5.41, 5.74) is 0. The summed E-state index contributed by atoms with van der Waals surface area (Å²) in [5.74, 6) is 0. The van der Waals surface area contributed by atoms with Gasteiger partial charge in [0.2, 0.25) is 0 Å². The zero-order valence-corrected chi connectivity index (χ0v) is 3.12. The van der Waals surface area contributed by atoms with Gasteiger partial charge in [0.05, 0.1) is 6.21 Å². The van der Waals surface area contributed by atoms with Gasteiger partial charge in [-0.25, -0.2) is 0 Å². The lowest BCUT2D eigenvalue weighted by Crippen LogP contribution is -1.79. The van der Waals surface area contributed by atoms with E-state index in [-0.39, 0.29) is 0 Å².